The fraction of sp³-hybridized carbons (Fsp3) is 0.143. The third kappa shape index (κ3) is 1.03. The van der Waals surface area contributed by atoms with Gasteiger partial charge in [-0.2, -0.15) is 0 Å². The number of halogens is 1. The minimum absolute atomic E-state index is 0.317. The molecule has 0 aliphatic carbocycles. The predicted molar refractivity (Wildman–Crippen MR) is 40.4 cm³/mol. The second kappa shape index (κ2) is 2.56. The van der Waals surface area contributed by atoms with Gasteiger partial charge in [-0.25, -0.2) is 4.39 Å². The molecule has 0 saturated heterocycles. The third-order valence-corrected chi connectivity index (χ3v) is 1.30. The van der Waals surface area contributed by atoms with Gasteiger partial charge in [0.15, 0.2) is 0 Å². The first kappa shape index (κ1) is 6.86. The molecule has 1 aromatic carbocycles. The van der Waals surface area contributed by atoms with Gasteiger partial charge in [0.05, 0.1) is 11.4 Å². The van der Waals surface area contributed by atoms with Crippen molar-refractivity contribution in [1.82, 2.24) is 0 Å². The molecule has 3 N–H and O–H groups in total. The zero-order valence-corrected chi connectivity index (χ0v) is 5.69. The van der Waals surface area contributed by atoms with E-state index in [-0.39, 0.29) is 5.82 Å². The molecule has 2 nitrogen and oxygen atoms in total. The van der Waals surface area contributed by atoms with Crippen molar-refractivity contribution in [3.8, 4) is 0 Å². The number of nitrogens with one attached hydrogen (secondary N) is 1. The van der Waals surface area contributed by atoms with E-state index < -0.39 is 0 Å². The van der Waals surface area contributed by atoms with Crippen LogP contribution in [-0.2, 0) is 0 Å². The maximum atomic E-state index is 12.7. The van der Waals surface area contributed by atoms with Gasteiger partial charge in [0, 0.05) is 7.05 Å². The fourth-order valence-corrected chi connectivity index (χ4v) is 0.805. The van der Waals surface area contributed by atoms with Crippen LogP contribution in [0, 0.1) is 5.82 Å². The van der Waals surface area contributed by atoms with E-state index in [0.29, 0.717) is 11.4 Å². The number of hydrogen-bond acceptors (Lipinski definition) is 2. The van der Waals surface area contributed by atoms with Crippen LogP contribution in [0.2, 0.25) is 0 Å². The van der Waals surface area contributed by atoms with Crippen molar-refractivity contribution in [1.29, 1.82) is 0 Å². The lowest BCUT2D eigenvalue weighted by atomic mass is 10.2. The molecule has 0 aliphatic heterocycles. The van der Waals surface area contributed by atoms with Crippen LogP contribution in [0.15, 0.2) is 18.2 Å². The van der Waals surface area contributed by atoms with Gasteiger partial charge in [-0.3, -0.25) is 0 Å². The Bertz CT molecular complexity index is 215. The van der Waals surface area contributed by atoms with Crippen molar-refractivity contribution in [2.24, 2.45) is 0 Å². The summed E-state index contributed by atoms with van der Waals surface area (Å²) in [5.74, 6) is -0.317. The summed E-state index contributed by atoms with van der Waals surface area (Å²) >= 11 is 0. The number of rotatable bonds is 1. The van der Waals surface area contributed by atoms with Crippen molar-refractivity contribution in [3.05, 3.63) is 24.0 Å². The monoisotopic (exact) mass is 140 g/mol. The first-order chi connectivity index (χ1) is 4.75. The second-order valence-electron chi connectivity index (χ2n) is 1.95. The maximum absolute atomic E-state index is 12.7. The number of nitrogens with two attached hydrogens (primary N) is 1. The Labute approximate surface area is 58.9 Å². The second-order valence-corrected chi connectivity index (χ2v) is 1.95. The standard InChI is InChI=1S/C7H9FN2/c1-10-7-5(8)3-2-4-6(7)9/h2-4,10H,9H2,1H3. The highest BCUT2D eigenvalue weighted by Crippen LogP contribution is 2.20. The highest BCUT2D eigenvalue weighted by molar-refractivity contribution is 5.66. The number of hydrogen-bond donors (Lipinski definition) is 2. The molecule has 0 atom stereocenters. The van der Waals surface area contributed by atoms with Gasteiger partial charge < -0.3 is 11.1 Å². The van der Waals surface area contributed by atoms with Gasteiger partial charge in [-0.1, -0.05) is 6.07 Å². The Morgan fingerprint density at radius 2 is 2.20 bits per heavy atom. The number of anilines is 2. The lowest BCUT2D eigenvalue weighted by Gasteiger charge is -2.03. The van der Waals surface area contributed by atoms with E-state index in [1.807, 2.05) is 0 Å². The molecule has 0 unspecified atom stereocenters. The van der Waals surface area contributed by atoms with Crippen molar-refractivity contribution in [3.63, 3.8) is 0 Å². The van der Waals surface area contributed by atoms with E-state index in [9.17, 15) is 4.39 Å². The Hall–Kier alpha value is -1.25. The third-order valence-electron chi connectivity index (χ3n) is 1.30. The minimum atomic E-state index is -0.317. The van der Waals surface area contributed by atoms with Crippen LogP contribution in [0.3, 0.4) is 0 Å². The molecule has 1 rings (SSSR count). The largest absolute Gasteiger partial charge is 0.397 e. The molecule has 1 aromatic rings. The van der Waals surface area contributed by atoms with Crippen LogP contribution in [0.5, 0.6) is 0 Å². The molecule has 3 heteroatoms. The Kier molecular flexibility index (Phi) is 1.76. The zero-order valence-electron chi connectivity index (χ0n) is 5.69. The first-order valence-corrected chi connectivity index (χ1v) is 2.97. The maximum Gasteiger partial charge on any atom is 0.148 e. The Morgan fingerprint density at radius 1 is 1.50 bits per heavy atom. The SMILES string of the molecule is CNc1c(N)cccc1F. The molecule has 0 spiro atoms. The highest BCUT2D eigenvalue weighted by Gasteiger charge is 2.00. The van der Waals surface area contributed by atoms with Crippen LogP contribution in [-0.4, -0.2) is 7.05 Å². The summed E-state index contributed by atoms with van der Waals surface area (Å²) in [6.45, 7) is 0. The van der Waals surface area contributed by atoms with Gasteiger partial charge in [0.1, 0.15) is 5.82 Å². The molecule has 0 aliphatic rings. The van der Waals surface area contributed by atoms with Gasteiger partial charge in [0.2, 0.25) is 0 Å². The van der Waals surface area contributed by atoms with Crippen LogP contribution in [0.1, 0.15) is 0 Å². The molecule has 0 fully saturated rings. The van der Waals surface area contributed by atoms with Gasteiger partial charge in [-0.05, 0) is 12.1 Å². The van der Waals surface area contributed by atoms with Crippen LogP contribution >= 0.6 is 0 Å². The van der Waals surface area contributed by atoms with E-state index in [1.165, 1.54) is 6.07 Å². The summed E-state index contributed by atoms with van der Waals surface area (Å²) in [6, 6.07) is 4.59. The number of para-hydroxylation sites is 1. The van der Waals surface area contributed by atoms with Crippen LogP contribution in [0.4, 0.5) is 15.8 Å². The van der Waals surface area contributed by atoms with Crippen LogP contribution < -0.4 is 11.1 Å². The lowest BCUT2D eigenvalue weighted by molar-refractivity contribution is 0.632. The molecule has 10 heavy (non-hydrogen) atoms. The quantitative estimate of drug-likeness (QED) is 0.579. The van der Waals surface area contributed by atoms with Crippen molar-refractivity contribution in [2.75, 3.05) is 18.1 Å². The van der Waals surface area contributed by atoms with Gasteiger partial charge in [-0.15, -0.1) is 0 Å². The smallest absolute Gasteiger partial charge is 0.148 e. The summed E-state index contributed by atoms with van der Waals surface area (Å²) in [7, 11) is 1.63. The molecule has 0 radical (unpaired) electrons. The van der Waals surface area contributed by atoms with Crippen LogP contribution in [0.25, 0.3) is 0 Å². The van der Waals surface area contributed by atoms with Gasteiger partial charge in [0.25, 0.3) is 0 Å². The molecule has 0 amide bonds. The number of benzene rings is 1. The molecule has 0 aromatic heterocycles. The van der Waals surface area contributed by atoms with E-state index in [0.717, 1.165) is 0 Å². The lowest BCUT2D eigenvalue weighted by Crippen LogP contribution is -1.97. The summed E-state index contributed by atoms with van der Waals surface area (Å²) in [5.41, 5.74) is 6.23. The van der Waals surface area contributed by atoms with Gasteiger partial charge >= 0.3 is 0 Å². The molecular formula is C7H9FN2. The van der Waals surface area contributed by atoms with Crippen molar-refractivity contribution < 1.29 is 4.39 Å². The average molecular weight is 140 g/mol. The number of nitrogen functional groups attached to an aromatic ring is 1. The summed E-state index contributed by atoms with van der Waals surface area (Å²) in [6.07, 6.45) is 0. The highest BCUT2D eigenvalue weighted by atomic mass is 19.1. The normalized spacial score (nSPS) is 9.40. The molecule has 0 saturated carbocycles. The molecule has 0 heterocycles. The summed E-state index contributed by atoms with van der Waals surface area (Å²) in [5, 5.41) is 2.66. The first-order valence-electron chi connectivity index (χ1n) is 2.97. The topological polar surface area (TPSA) is 38.0 Å². The average Bonchev–Trinajstić information content (AvgIpc) is 1.88. The molecule has 0 bridgehead atoms. The van der Waals surface area contributed by atoms with E-state index in [2.05, 4.69) is 5.32 Å². The summed E-state index contributed by atoms with van der Waals surface area (Å²) in [4.78, 5) is 0. The summed E-state index contributed by atoms with van der Waals surface area (Å²) < 4.78 is 12.7. The minimum Gasteiger partial charge on any atom is -0.397 e. The van der Waals surface area contributed by atoms with E-state index in [4.69, 9.17) is 5.73 Å². The van der Waals surface area contributed by atoms with E-state index in [1.54, 1.807) is 19.2 Å². The molecule has 54 valence electrons. The predicted octanol–water partition coefficient (Wildman–Crippen LogP) is 1.45. The molecular weight excluding hydrogens is 131 g/mol. The Balaban J connectivity index is 3.17. The fourth-order valence-electron chi connectivity index (χ4n) is 0.805. The zero-order chi connectivity index (χ0) is 7.56. The van der Waals surface area contributed by atoms with Crippen molar-refractivity contribution >= 4 is 11.4 Å². The Morgan fingerprint density at radius 3 is 2.60 bits per heavy atom. The van der Waals surface area contributed by atoms with Crippen molar-refractivity contribution in [2.45, 2.75) is 0 Å². The van der Waals surface area contributed by atoms with E-state index >= 15 is 0 Å².